The summed E-state index contributed by atoms with van der Waals surface area (Å²) in [4.78, 5) is 50.2. The number of carbonyl (C=O) groups is 3. The molecule has 1 atom stereocenters. The molecule has 1 unspecified atom stereocenters. The van der Waals surface area contributed by atoms with Crippen molar-refractivity contribution in [1.29, 1.82) is 0 Å². The Morgan fingerprint density at radius 1 is 1.06 bits per heavy atom. The zero-order valence-electron chi connectivity index (χ0n) is 17.6. The maximum absolute atomic E-state index is 12.9. The number of ether oxygens (including phenoxy) is 1. The largest absolute Gasteiger partial charge is 0.378 e. The molecule has 0 N–H and O–H groups in total. The second-order valence-electron chi connectivity index (χ2n) is 7.66. The molecule has 1 fully saturated rings. The number of halogens is 1. The van der Waals surface area contributed by atoms with Gasteiger partial charge in [0, 0.05) is 19.3 Å². The van der Waals surface area contributed by atoms with Crippen LogP contribution in [0.25, 0.3) is 5.82 Å². The lowest BCUT2D eigenvalue weighted by Crippen LogP contribution is -2.40. The Bertz CT molecular complexity index is 1220. The van der Waals surface area contributed by atoms with E-state index in [1.54, 1.807) is 48.2 Å². The van der Waals surface area contributed by atoms with Crippen molar-refractivity contribution in [3.63, 3.8) is 0 Å². The summed E-state index contributed by atoms with van der Waals surface area (Å²) in [6, 6.07) is 9.35. The summed E-state index contributed by atoms with van der Waals surface area (Å²) in [6.45, 7) is 3.83. The maximum Gasteiger partial charge on any atom is 0.262 e. The molecule has 2 aromatic heterocycles. The molecule has 0 radical (unpaired) electrons. The Kier molecular flexibility index (Phi) is 5.51. The monoisotopic (exact) mass is 510 g/mol. The minimum absolute atomic E-state index is 0.114. The first-order valence-electron chi connectivity index (χ1n) is 10.4. The molecular weight excluding hydrogens is 492 g/mol. The van der Waals surface area contributed by atoms with Gasteiger partial charge < -0.3 is 9.64 Å². The van der Waals surface area contributed by atoms with Crippen LogP contribution in [0.5, 0.6) is 0 Å². The molecule has 2 aliphatic heterocycles. The van der Waals surface area contributed by atoms with Gasteiger partial charge in [-0.3, -0.25) is 19.3 Å². The molecule has 3 amide bonds. The number of pyridine rings is 1. The summed E-state index contributed by atoms with van der Waals surface area (Å²) in [6.07, 6.45) is 1.49. The van der Waals surface area contributed by atoms with Crippen molar-refractivity contribution >= 4 is 33.7 Å². The van der Waals surface area contributed by atoms with Crippen LogP contribution in [-0.2, 0) is 4.74 Å². The first-order chi connectivity index (χ1) is 16.0. The second-order valence-corrected chi connectivity index (χ2v) is 8.37. The van der Waals surface area contributed by atoms with E-state index in [1.165, 1.54) is 15.8 Å². The topological polar surface area (TPSA) is 111 Å². The molecule has 168 valence electrons. The quantitative estimate of drug-likeness (QED) is 0.495. The first-order valence-corrected chi connectivity index (χ1v) is 11.2. The van der Waals surface area contributed by atoms with Crippen LogP contribution >= 0.6 is 15.9 Å². The Hall–Kier alpha value is -3.44. The van der Waals surface area contributed by atoms with E-state index in [-0.39, 0.29) is 22.5 Å². The predicted molar refractivity (Wildman–Crippen MR) is 119 cm³/mol. The van der Waals surface area contributed by atoms with Gasteiger partial charge in [0.15, 0.2) is 11.6 Å². The number of nitrogens with zero attached hydrogens (tertiary/aromatic N) is 6. The molecule has 33 heavy (non-hydrogen) atoms. The maximum atomic E-state index is 12.9. The van der Waals surface area contributed by atoms with E-state index in [0.29, 0.717) is 54.6 Å². The Morgan fingerprint density at radius 2 is 1.73 bits per heavy atom. The van der Waals surface area contributed by atoms with Crippen LogP contribution in [0.3, 0.4) is 0 Å². The second kappa shape index (κ2) is 8.49. The lowest BCUT2D eigenvalue weighted by Gasteiger charge is -2.26. The number of morpholine rings is 1. The van der Waals surface area contributed by atoms with Crippen LogP contribution in [0.2, 0.25) is 0 Å². The fourth-order valence-corrected chi connectivity index (χ4v) is 4.34. The van der Waals surface area contributed by atoms with Crippen molar-refractivity contribution in [2.24, 2.45) is 0 Å². The van der Waals surface area contributed by atoms with Crippen LogP contribution in [0, 0.1) is 0 Å². The molecule has 0 saturated carbocycles. The van der Waals surface area contributed by atoms with Gasteiger partial charge in [0.1, 0.15) is 0 Å². The van der Waals surface area contributed by atoms with Crippen molar-refractivity contribution in [3.05, 3.63) is 69.8 Å². The van der Waals surface area contributed by atoms with Gasteiger partial charge in [-0.25, -0.2) is 9.97 Å². The minimum atomic E-state index is -0.701. The normalized spacial score (nSPS) is 16.8. The van der Waals surface area contributed by atoms with Crippen LogP contribution in [0.1, 0.15) is 49.9 Å². The lowest BCUT2D eigenvalue weighted by molar-refractivity contribution is 0.0302. The molecular formula is C22H19BrN6O4. The van der Waals surface area contributed by atoms with Crippen molar-refractivity contribution in [1.82, 2.24) is 29.5 Å². The van der Waals surface area contributed by atoms with Crippen molar-refractivity contribution in [2.75, 3.05) is 26.3 Å². The zero-order chi connectivity index (χ0) is 23.1. The number of imide groups is 1. The molecule has 5 rings (SSSR count). The molecule has 2 aliphatic rings. The number of benzene rings is 1. The molecule has 10 nitrogen and oxygen atoms in total. The molecule has 0 bridgehead atoms. The van der Waals surface area contributed by atoms with Gasteiger partial charge in [-0.15, -0.1) is 5.10 Å². The van der Waals surface area contributed by atoms with Crippen molar-refractivity contribution < 1.29 is 19.1 Å². The molecule has 3 aromatic rings. The van der Waals surface area contributed by atoms with E-state index < -0.39 is 6.04 Å². The van der Waals surface area contributed by atoms with Gasteiger partial charge in [0.2, 0.25) is 4.73 Å². The van der Waals surface area contributed by atoms with Crippen molar-refractivity contribution in [3.8, 4) is 5.82 Å². The summed E-state index contributed by atoms with van der Waals surface area (Å²) in [5.74, 6) is -0.112. The van der Waals surface area contributed by atoms with Crippen LogP contribution < -0.4 is 0 Å². The number of hydrogen-bond donors (Lipinski definition) is 0. The molecule has 11 heteroatoms. The Balaban J connectivity index is 1.43. The summed E-state index contributed by atoms with van der Waals surface area (Å²) < 4.78 is 7.04. The van der Waals surface area contributed by atoms with Gasteiger partial charge >= 0.3 is 0 Å². The van der Waals surface area contributed by atoms with Crippen LogP contribution in [-0.4, -0.2) is 73.6 Å². The number of rotatable bonds is 4. The average Bonchev–Trinajstić information content (AvgIpc) is 3.36. The summed E-state index contributed by atoms with van der Waals surface area (Å²) >= 11 is 3.27. The third-order valence-corrected chi connectivity index (χ3v) is 6.04. The fraction of sp³-hybridized carbons (Fsp3) is 0.273. The minimum Gasteiger partial charge on any atom is -0.378 e. The number of aromatic nitrogens is 4. The molecule has 0 spiro atoms. The fourth-order valence-electron chi connectivity index (χ4n) is 4.00. The standard InChI is InChI=1S/C22H19BrN6O4/c1-13(28-20(31)15-4-2-3-5-16(15)21(28)32)18-25-22(23)26-29(18)17-7-6-14(12-24-17)19(30)27-8-10-33-11-9-27/h2-7,12-13H,8-11H2,1H3. The molecule has 1 saturated heterocycles. The van der Waals surface area contributed by atoms with Gasteiger partial charge in [0.05, 0.1) is 35.9 Å². The van der Waals surface area contributed by atoms with E-state index in [9.17, 15) is 14.4 Å². The van der Waals surface area contributed by atoms with Gasteiger partial charge in [-0.2, -0.15) is 4.68 Å². The van der Waals surface area contributed by atoms with Gasteiger partial charge in [0.25, 0.3) is 17.7 Å². The summed E-state index contributed by atoms with van der Waals surface area (Å²) in [7, 11) is 0. The Morgan fingerprint density at radius 3 is 2.33 bits per heavy atom. The summed E-state index contributed by atoms with van der Waals surface area (Å²) in [5.41, 5.74) is 1.18. The van der Waals surface area contributed by atoms with E-state index >= 15 is 0 Å². The van der Waals surface area contributed by atoms with Crippen LogP contribution in [0.15, 0.2) is 47.3 Å². The number of carbonyl (C=O) groups excluding carboxylic acids is 3. The third-order valence-electron chi connectivity index (χ3n) is 5.70. The zero-order valence-corrected chi connectivity index (χ0v) is 19.2. The first kappa shape index (κ1) is 21.4. The highest BCUT2D eigenvalue weighted by Crippen LogP contribution is 2.31. The molecule has 1 aromatic carbocycles. The highest BCUT2D eigenvalue weighted by molar-refractivity contribution is 9.10. The van der Waals surface area contributed by atoms with E-state index in [2.05, 4.69) is 31.0 Å². The number of hydrogen-bond acceptors (Lipinski definition) is 7. The highest BCUT2D eigenvalue weighted by Gasteiger charge is 2.40. The van der Waals surface area contributed by atoms with Crippen molar-refractivity contribution in [2.45, 2.75) is 13.0 Å². The average molecular weight is 511 g/mol. The third kappa shape index (κ3) is 3.72. The molecule has 4 heterocycles. The number of amides is 3. The van der Waals surface area contributed by atoms with Crippen LogP contribution in [0.4, 0.5) is 0 Å². The lowest BCUT2D eigenvalue weighted by atomic mass is 10.1. The Labute approximate surface area is 197 Å². The van der Waals surface area contributed by atoms with E-state index in [4.69, 9.17) is 4.74 Å². The number of fused-ring (bicyclic) bond motifs is 1. The molecule has 0 aliphatic carbocycles. The SMILES string of the molecule is CC(c1nc(Br)nn1-c1ccc(C(=O)N2CCOCC2)cn1)N1C(=O)c2ccccc2C1=O. The van der Waals surface area contributed by atoms with Gasteiger partial charge in [-0.05, 0) is 47.1 Å². The van der Waals surface area contributed by atoms with Gasteiger partial charge in [-0.1, -0.05) is 12.1 Å². The van der Waals surface area contributed by atoms with E-state index in [1.807, 2.05) is 0 Å². The smallest absolute Gasteiger partial charge is 0.262 e. The van der Waals surface area contributed by atoms with E-state index in [0.717, 1.165) is 0 Å². The summed E-state index contributed by atoms with van der Waals surface area (Å²) in [5, 5.41) is 4.34. The predicted octanol–water partition coefficient (Wildman–Crippen LogP) is 2.25. The highest BCUT2D eigenvalue weighted by atomic mass is 79.9.